The van der Waals surface area contributed by atoms with Gasteiger partial charge >= 0.3 is 0 Å². The van der Waals surface area contributed by atoms with Crippen molar-refractivity contribution < 1.29 is 9.90 Å². The summed E-state index contributed by atoms with van der Waals surface area (Å²) in [5, 5.41) is 12.9. The van der Waals surface area contributed by atoms with Gasteiger partial charge in [0.2, 0.25) is 5.91 Å². The number of amides is 1. The second-order valence-electron chi connectivity index (χ2n) is 4.73. The summed E-state index contributed by atoms with van der Waals surface area (Å²) in [5.41, 5.74) is 0.887. The molecule has 0 aliphatic rings. The van der Waals surface area contributed by atoms with E-state index in [4.69, 9.17) is 0 Å². The smallest absolute Gasteiger partial charge is 0.222 e. The SMILES string of the molecule is CC(CC(O)c1ccccc1)NC(=O)C(C)C. The molecule has 2 N–H and O–H groups in total. The van der Waals surface area contributed by atoms with Gasteiger partial charge in [0, 0.05) is 12.0 Å². The maximum Gasteiger partial charge on any atom is 0.222 e. The molecule has 2 atom stereocenters. The fourth-order valence-corrected chi connectivity index (χ4v) is 1.61. The molecule has 0 spiro atoms. The Kier molecular flexibility index (Phi) is 5.16. The van der Waals surface area contributed by atoms with E-state index in [9.17, 15) is 9.90 Å². The Hall–Kier alpha value is -1.35. The second kappa shape index (κ2) is 6.40. The minimum atomic E-state index is -0.529. The van der Waals surface area contributed by atoms with Crippen molar-refractivity contribution in [2.24, 2.45) is 5.92 Å². The minimum Gasteiger partial charge on any atom is -0.388 e. The van der Waals surface area contributed by atoms with Crippen LogP contribution in [-0.4, -0.2) is 17.1 Å². The topological polar surface area (TPSA) is 49.3 Å². The monoisotopic (exact) mass is 235 g/mol. The minimum absolute atomic E-state index is 0.0219. The summed E-state index contributed by atoms with van der Waals surface area (Å²) in [4.78, 5) is 11.5. The van der Waals surface area contributed by atoms with Crippen molar-refractivity contribution in [3.05, 3.63) is 35.9 Å². The average molecular weight is 235 g/mol. The van der Waals surface area contributed by atoms with E-state index in [1.54, 1.807) is 0 Å². The van der Waals surface area contributed by atoms with Crippen LogP contribution in [0.2, 0.25) is 0 Å². The van der Waals surface area contributed by atoms with Gasteiger partial charge in [-0.25, -0.2) is 0 Å². The van der Waals surface area contributed by atoms with Crippen LogP contribution in [0.15, 0.2) is 30.3 Å². The van der Waals surface area contributed by atoms with E-state index in [0.29, 0.717) is 6.42 Å². The molecule has 0 radical (unpaired) electrons. The molecule has 0 fully saturated rings. The van der Waals surface area contributed by atoms with E-state index in [1.165, 1.54) is 0 Å². The highest BCUT2D eigenvalue weighted by Gasteiger charge is 2.15. The van der Waals surface area contributed by atoms with Crippen LogP contribution in [0.25, 0.3) is 0 Å². The van der Waals surface area contributed by atoms with E-state index in [-0.39, 0.29) is 17.9 Å². The van der Waals surface area contributed by atoms with Crippen LogP contribution < -0.4 is 5.32 Å². The number of benzene rings is 1. The van der Waals surface area contributed by atoms with Gasteiger partial charge in [-0.05, 0) is 18.9 Å². The lowest BCUT2D eigenvalue weighted by Gasteiger charge is -2.19. The van der Waals surface area contributed by atoms with Crippen LogP contribution in [0.5, 0.6) is 0 Å². The van der Waals surface area contributed by atoms with E-state index in [2.05, 4.69) is 5.32 Å². The molecule has 94 valence electrons. The first-order valence-electron chi connectivity index (χ1n) is 6.04. The van der Waals surface area contributed by atoms with Gasteiger partial charge in [0.25, 0.3) is 0 Å². The summed E-state index contributed by atoms with van der Waals surface area (Å²) < 4.78 is 0. The maximum absolute atomic E-state index is 11.5. The highest BCUT2D eigenvalue weighted by atomic mass is 16.3. The van der Waals surface area contributed by atoms with Crippen molar-refractivity contribution in [3.63, 3.8) is 0 Å². The van der Waals surface area contributed by atoms with Crippen LogP contribution in [0.3, 0.4) is 0 Å². The Balaban J connectivity index is 2.46. The third kappa shape index (κ3) is 4.57. The Bertz CT molecular complexity index is 348. The lowest BCUT2D eigenvalue weighted by atomic mass is 10.0. The normalized spacial score (nSPS) is 14.4. The second-order valence-corrected chi connectivity index (χ2v) is 4.73. The first-order chi connectivity index (χ1) is 8.00. The predicted molar refractivity (Wildman–Crippen MR) is 68.5 cm³/mol. The molecule has 3 heteroatoms. The van der Waals surface area contributed by atoms with E-state index in [1.807, 2.05) is 51.1 Å². The molecule has 0 saturated carbocycles. The number of carbonyl (C=O) groups is 1. The largest absolute Gasteiger partial charge is 0.388 e. The standard InChI is InChI=1S/C14H21NO2/c1-10(2)14(17)15-11(3)9-13(16)12-7-5-4-6-8-12/h4-8,10-11,13,16H,9H2,1-3H3,(H,15,17). The van der Waals surface area contributed by atoms with Gasteiger partial charge in [-0.15, -0.1) is 0 Å². The molecular formula is C14H21NO2. The first kappa shape index (κ1) is 13.7. The summed E-state index contributed by atoms with van der Waals surface area (Å²) in [6.07, 6.45) is 0.00122. The maximum atomic E-state index is 11.5. The molecule has 0 heterocycles. The van der Waals surface area contributed by atoms with Gasteiger partial charge < -0.3 is 10.4 Å². The van der Waals surface area contributed by atoms with E-state index < -0.39 is 6.10 Å². The Morgan fingerprint density at radius 3 is 2.35 bits per heavy atom. The van der Waals surface area contributed by atoms with Gasteiger partial charge in [-0.1, -0.05) is 44.2 Å². The molecular weight excluding hydrogens is 214 g/mol. The summed E-state index contributed by atoms with van der Waals surface area (Å²) in [5.74, 6) is 0.00378. The summed E-state index contributed by atoms with van der Waals surface area (Å²) >= 11 is 0. The molecule has 0 aliphatic carbocycles. The average Bonchev–Trinajstić information content (AvgIpc) is 2.29. The molecule has 17 heavy (non-hydrogen) atoms. The summed E-state index contributed by atoms with van der Waals surface area (Å²) in [7, 11) is 0. The van der Waals surface area contributed by atoms with Crippen LogP contribution in [0.1, 0.15) is 38.9 Å². The number of aliphatic hydroxyl groups excluding tert-OH is 1. The first-order valence-corrected chi connectivity index (χ1v) is 6.04. The lowest BCUT2D eigenvalue weighted by molar-refractivity contribution is -0.124. The quantitative estimate of drug-likeness (QED) is 0.822. The van der Waals surface area contributed by atoms with Crippen molar-refractivity contribution in [2.45, 2.75) is 39.3 Å². The molecule has 3 nitrogen and oxygen atoms in total. The van der Waals surface area contributed by atoms with Crippen LogP contribution >= 0.6 is 0 Å². The van der Waals surface area contributed by atoms with Gasteiger partial charge in [-0.3, -0.25) is 4.79 Å². The molecule has 0 aliphatic heterocycles. The van der Waals surface area contributed by atoms with Crippen molar-refractivity contribution in [3.8, 4) is 0 Å². The van der Waals surface area contributed by atoms with Gasteiger partial charge in [0.1, 0.15) is 0 Å². The number of hydrogen-bond donors (Lipinski definition) is 2. The third-order valence-corrected chi connectivity index (χ3v) is 2.67. The lowest BCUT2D eigenvalue weighted by Crippen LogP contribution is -2.36. The fourth-order valence-electron chi connectivity index (χ4n) is 1.61. The molecule has 1 aromatic carbocycles. The van der Waals surface area contributed by atoms with E-state index in [0.717, 1.165) is 5.56 Å². The predicted octanol–water partition coefficient (Wildman–Crippen LogP) is 2.27. The molecule has 1 aromatic rings. The van der Waals surface area contributed by atoms with Crippen molar-refractivity contribution in [1.29, 1.82) is 0 Å². The zero-order valence-corrected chi connectivity index (χ0v) is 10.7. The Labute approximate surface area is 103 Å². The molecule has 0 aromatic heterocycles. The van der Waals surface area contributed by atoms with Crippen molar-refractivity contribution in [2.75, 3.05) is 0 Å². The van der Waals surface area contributed by atoms with Gasteiger partial charge in [0.05, 0.1) is 6.10 Å². The number of carbonyl (C=O) groups excluding carboxylic acids is 1. The van der Waals surface area contributed by atoms with Crippen LogP contribution in [-0.2, 0) is 4.79 Å². The molecule has 1 amide bonds. The Morgan fingerprint density at radius 2 is 1.82 bits per heavy atom. The molecule has 0 saturated heterocycles. The number of nitrogens with one attached hydrogen (secondary N) is 1. The van der Waals surface area contributed by atoms with Gasteiger partial charge in [-0.2, -0.15) is 0 Å². The van der Waals surface area contributed by atoms with E-state index >= 15 is 0 Å². The van der Waals surface area contributed by atoms with Gasteiger partial charge in [0.15, 0.2) is 0 Å². The molecule has 2 unspecified atom stereocenters. The molecule has 1 rings (SSSR count). The number of rotatable bonds is 5. The molecule has 0 bridgehead atoms. The number of hydrogen-bond acceptors (Lipinski definition) is 2. The van der Waals surface area contributed by atoms with Crippen molar-refractivity contribution >= 4 is 5.91 Å². The van der Waals surface area contributed by atoms with Crippen LogP contribution in [0.4, 0.5) is 0 Å². The third-order valence-electron chi connectivity index (χ3n) is 2.67. The zero-order chi connectivity index (χ0) is 12.8. The highest BCUT2D eigenvalue weighted by Crippen LogP contribution is 2.17. The fraction of sp³-hybridized carbons (Fsp3) is 0.500. The summed E-state index contributed by atoms with van der Waals surface area (Å²) in [6, 6.07) is 9.47. The Morgan fingerprint density at radius 1 is 1.24 bits per heavy atom. The van der Waals surface area contributed by atoms with Crippen LogP contribution in [0, 0.1) is 5.92 Å². The van der Waals surface area contributed by atoms with Crippen molar-refractivity contribution in [1.82, 2.24) is 5.32 Å². The summed E-state index contributed by atoms with van der Waals surface area (Å²) in [6.45, 7) is 5.62. The number of aliphatic hydroxyl groups is 1. The highest BCUT2D eigenvalue weighted by molar-refractivity contribution is 5.78. The zero-order valence-electron chi connectivity index (χ0n) is 10.7.